The van der Waals surface area contributed by atoms with E-state index in [0.29, 0.717) is 35.4 Å². The van der Waals surface area contributed by atoms with Crippen molar-refractivity contribution in [1.29, 1.82) is 0 Å². The lowest BCUT2D eigenvalue weighted by atomic mass is 9.86. The molecule has 3 heterocycles. The predicted molar refractivity (Wildman–Crippen MR) is 121 cm³/mol. The number of aromatic nitrogens is 2. The van der Waals surface area contributed by atoms with Crippen LogP contribution < -0.4 is 4.74 Å². The lowest BCUT2D eigenvalue weighted by molar-refractivity contribution is -0.0360. The monoisotopic (exact) mass is 439 g/mol. The van der Waals surface area contributed by atoms with Gasteiger partial charge in [-0.15, -0.1) is 0 Å². The van der Waals surface area contributed by atoms with Gasteiger partial charge in [0.15, 0.2) is 0 Å². The van der Waals surface area contributed by atoms with E-state index in [2.05, 4.69) is 14.9 Å². The van der Waals surface area contributed by atoms with E-state index in [4.69, 9.17) is 4.74 Å². The third-order valence-electron chi connectivity index (χ3n) is 6.48. The van der Waals surface area contributed by atoms with Crippen LogP contribution in [0.2, 0.25) is 0 Å². The normalized spacial score (nSPS) is 17.4. The van der Waals surface area contributed by atoms with Gasteiger partial charge in [-0.3, -0.25) is 4.98 Å². The van der Waals surface area contributed by atoms with Crippen LogP contribution in [-0.2, 0) is 6.42 Å². The average molecular weight is 440 g/mol. The van der Waals surface area contributed by atoms with Gasteiger partial charge in [0, 0.05) is 18.2 Å². The SMILES string of the molecule is COc1ccc2ncc(F)c(CCN3CCC([C@@H](O)[C@H](O)c4ccc(C)cc4)CC3)c2n1. The smallest absolute Gasteiger partial charge is 0.213 e. The number of likely N-dealkylation sites (tertiary alicyclic amines) is 1. The Bertz CT molecular complexity index is 1050. The standard InChI is InChI=1S/C25H30FN3O3/c1-16-3-5-17(6-4-16)24(30)25(31)18-9-12-29(13-10-18)14-11-19-20(26)15-27-21-7-8-22(32-2)28-23(19)21/h3-8,15,18,24-25,30-31H,9-14H2,1-2H3/t24-,25-/m1/s1. The number of nitrogens with zero attached hydrogens (tertiary/aromatic N) is 3. The van der Waals surface area contributed by atoms with Gasteiger partial charge in [0.25, 0.3) is 0 Å². The van der Waals surface area contributed by atoms with E-state index < -0.39 is 12.2 Å². The molecule has 0 bridgehead atoms. The van der Waals surface area contributed by atoms with Gasteiger partial charge in [-0.2, -0.15) is 0 Å². The highest BCUT2D eigenvalue weighted by molar-refractivity contribution is 5.78. The van der Waals surface area contributed by atoms with Crippen LogP contribution in [0, 0.1) is 18.7 Å². The molecule has 2 N–H and O–H groups in total. The first-order valence-electron chi connectivity index (χ1n) is 11.1. The zero-order chi connectivity index (χ0) is 22.7. The number of fused-ring (bicyclic) bond motifs is 1. The van der Waals surface area contributed by atoms with Gasteiger partial charge in [0.05, 0.1) is 30.4 Å². The number of benzene rings is 1. The number of halogens is 1. The summed E-state index contributed by atoms with van der Waals surface area (Å²) in [5.74, 6) is 0.116. The molecule has 7 heteroatoms. The topological polar surface area (TPSA) is 78.7 Å². The maximum atomic E-state index is 14.5. The summed E-state index contributed by atoms with van der Waals surface area (Å²) < 4.78 is 19.7. The Morgan fingerprint density at radius 3 is 2.53 bits per heavy atom. The predicted octanol–water partition coefficient (Wildman–Crippen LogP) is 3.43. The first-order valence-corrected chi connectivity index (χ1v) is 11.1. The third kappa shape index (κ3) is 4.90. The van der Waals surface area contributed by atoms with E-state index in [0.717, 1.165) is 37.1 Å². The van der Waals surface area contributed by atoms with Crippen LogP contribution >= 0.6 is 0 Å². The Labute approximate surface area is 187 Å². The zero-order valence-electron chi connectivity index (χ0n) is 18.5. The third-order valence-corrected chi connectivity index (χ3v) is 6.48. The number of methoxy groups -OCH3 is 1. The summed E-state index contributed by atoms with van der Waals surface area (Å²) in [7, 11) is 1.54. The summed E-state index contributed by atoms with van der Waals surface area (Å²) in [6.07, 6.45) is 1.67. The molecule has 0 aliphatic carbocycles. The quantitative estimate of drug-likeness (QED) is 0.587. The first-order chi connectivity index (χ1) is 15.5. The van der Waals surface area contributed by atoms with Crippen LogP contribution in [0.25, 0.3) is 11.0 Å². The number of piperidine rings is 1. The number of pyridine rings is 2. The van der Waals surface area contributed by atoms with Gasteiger partial charge in [-0.25, -0.2) is 9.37 Å². The summed E-state index contributed by atoms with van der Waals surface area (Å²) in [6, 6.07) is 11.1. The van der Waals surface area contributed by atoms with E-state index in [1.54, 1.807) is 12.1 Å². The number of hydrogen-bond acceptors (Lipinski definition) is 6. The second kappa shape index (κ2) is 9.90. The highest BCUT2D eigenvalue weighted by Gasteiger charge is 2.30. The minimum atomic E-state index is -0.884. The fourth-order valence-corrected chi connectivity index (χ4v) is 4.44. The Morgan fingerprint density at radius 2 is 1.84 bits per heavy atom. The van der Waals surface area contributed by atoms with Crippen molar-refractivity contribution in [3.63, 3.8) is 0 Å². The van der Waals surface area contributed by atoms with Gasteiger partial charge in [0.2, 0.25) is 5.88 Å². The summed E-state index contributed by atoms with van der Waals surface area (Å²) in [5.41, 5.74) is 3.60. The molecule has 1 saturated heterocycles. The van der Waals surface area contributed by atoms with Crippen molar-refractivity contribution < 1.29 is 19.3 Å². The van der Waals surface area contributed by atoms with Crippen molar-refractivity contribution in [2.75, 3.05) is 26.7 Å². The fourth-order valence-electron chi connectivity index (χ4n) is 4.44. The van der Waals surface area contributed by atoms with E-state index in [1.165, 1.54) is 13.3 Å². The second-order valence-electron chi connectivity index (χ2n) is 8.58. The Hall–Kier alpha value is -2.61. The van der Waals surface area contributed by atoms with Gasteiger partial charge in [-0.05, 0) is 56.8 Å². The minimum Gasteiger partial charge on any atom is -0.481 e. The zero-order valence-corrected chi connectivity index (χ0v) is 18.5. The lowest BCUT2D eigenvalue weighted by Gasteiger charge is -2.35. The molecule has 1 fully saturated rings. The molecule has 1 aliphatic rings. The lowest BCUT2D eigenvalue weighted by Crippen LogP contribution is -2.40. The fraction of sp³-hybridized carbons (Fsp3) is 0.440. The van der Waals surface area contributed by atoms with Crippen LogP contribution in [0.5, 0.6) is 5.88 Å². The van der Waals surface area contributed by atoms with E-state index in [1.807, 2.05) is 31.2 Å². The molecule has 0 saturated carbocycles. The van der Waals surface area contributed by atoms with Gasteiger partial charge in [0.1, 0.15) is 11.9 Å². The van der Waals surface area contributed by atoms with Crippen LogP contribution in [0.15, 0.2) is 42.6 Å². The maximum absolute atomic E-state index is 14.5. The Morgan fingerprint density at radius 1 is 1.12 bits per heavy atom. The number of hydrogen-bond donors (Lipinski definition) is 2. The Balaban J connectivity index is 1.35. The summed E-state index contributed by atoms with van der Waals surface area (Å²) >= 11 is 0. The van der Waals surface area contributed by atoms with E-state index in [-0.39, 0.29) is 11.7 Å². The molecule has 6 nitrogen and oxygen atoms in total. The van der Waals surface area contributed by atoms with E-state index in [9.17, 15) is 14.6 Å². The van der Waals surface area contributed by atoms with Crippen molar-refractivity contribution in [2.45, 2.75) is 38.4 Å². The molecular weight excluding hydrogens is 409 g/mol. The molecule has 3 aromatic rings. The maximum Gasteiger partial charge on any atom is 0.213 e. The molecule has 0 spiro atoms. The van der Waals surface area contributed by atoms with Crippen LogP contribution in [0.3, 0.4) is 0 Å². The molecule has 1 aromatic carbocycles. The number of aliphatic hydroxyl groups is 2. The molecule has 170 valence electrons. The molecule has 0 radical (unpaired) electrons. The van der Waals surface area contributed by atoms with Crippen LogP contribution in [0.4, 0.5) is 4.39 Å². The minimum absolute atomic E-state index is 0.0342. The van der Waals surface area contributed by atoms with Crippen molar-refractivity contribution in [1.82, 2.24) is 14.9 Å². The highest BCUT2D eigenvalue weighted by Crippen LogP contribution is 2.29. The van der Waals surface area contributed by atoms with Gasteiger partial charge in [-0.1, -0.05) is 29.8 Å². The van der Waals surface area contributed by atoms with Crippen molar-refractivity contribution in [2.24, 2.45) is 5.92 Å². The highest BCUT2D eigenvalue weighted by atomic mass is 19.1. The molecular formula is C25H30FN3O3. The molecule has 32 heavy (non-hydrogen) atoms. The average Bonchev–Trinajstić information content (AvgIpc) is 2.83. The molecule has 0 amide bonds. The van der Waals surface area contributed by atoms with Crippen molar-refractivity contribution >= 4 is 11.0 Å². The molecule has 1 aliphatic heterocycles. The molecule has 0 unspecified atom stereocenters. The molecule has 2 atom stereocenters. The number of rotatable bonds is 7. The first kappa shape index (κ1) is 22.6. The molecule has 2 aromatic heterocycles. The van der Waals surface area contributed by atoms with E-state index >= 15 is 0 Å². The van der Waals surface area contributed by atoms with Crippen molar-refractivity contribution in [3.05, 3.63) is 65.1 Å². The van der Waals surface area contributed by atoms with Crippen LogP contribution in [-0.4, -0.2) is 57.9 Å². The van der Waals surface area contributed by atoms with Gasteiger partial charge < -0.3 is 19.8 Å². The summed E-state index contributed by atoms with van der Waals surface area (Å²) in [6.45, 7) is 4.28. The second-order valence-corrected chi connectivity index (χ2v) is 8.58. The molecule has 4 rings (SSSR count). The number of aliphatic hydroxyl groups excluding tert-OH is 2. The van der Waals surface area contributed by atoms with Gasteiger partial charge >= 0.3 is 0 Å². The summed E-state index contributed by atoms with van der Waals surface area (Å²) in [4.78, 5) is 10.8. The summed E-state index contributed by atoms with van der Waals surface area (Å²) in [5, 5.41) is 21.3. The number of aryl methyl sites for hydroxylation is 1. The largest absolute Gasteiger partial charge is 0.481 e. The Kier molecular flexibility index (Phi) is 6.98. The van der Waals surface area contributed by atoms with Crippen LogP contribution in [0.1, 0.15) is 35.6 Å². The van der Waals surface area contributed by atoms with Crippen molar-refractivity contribution in [3.8, 4) is 5.88 Å². The number of ether oxygens (including phenoxy) is 1.